The molecule has 0 aromatic rings. The fraction of sp³-hybridized carbons (Fsp3) is 0.929. The molecule has 4 aliphatic rings. The molecule has 1 unspecified atom stereocenters. The number of hydrogen-bond acceptors (Lipinski definition) is 1. The highest BCUT2D eigenvalue weighted by molar-refractivity contribution is 6.74. The van der Waals surface area contributed by atoms with E-state index in [9.17, 15) is 0 Å². The van der Waals surface area contributed by atoms with E-state index in [1.807, 2.05) is 5.57 Å². The summed E-state index contributed by atoms with van der Waals surface area (Å²) >= 11 is 0. The monoisotopic (exact) mass is 430 g/mol. The third-order valence-corrected chi connectivity index (χ3v) is 15.6. The van der Waals surface area contributed by atoms with Gasteiger partial charge in [-0.15, -0.1) is 0 Å². The number of hydrogen-bond donors (Lipinski definition) is 0. The van der Waals surface area contributed by atoms with Gasteiger partial charge in [0.15, 0.2) is 8.32 Å². The molecule has 0 aromatic heterocycles. The molecule has 0 heterocycles. The maximum atomic E-state index is 7.28. The second kappa shape index (κ2) is 7.75. The molecule has 7 atom stereocenters. The second-order valence-corrected chi connectivity index (χ2v) is 18.2. The number of allylic oxidation sites excluding steroid dienone is 2. The minimum Gasteiger partial charge on any atom is -0.413 e. The van der Waals surface area contributed by atoms with Crippen molar-refractivity contribution in [3.8, 4) is 0 Å². The zero-order chi connectivity index (χ0) is 21.9. The van der Waals surface area contributed by atoms with Gasteiger partial charge in [0.1, 0.15) is 0 Å². The van der Waals surface area contributed by atoms with E-state index in [4.69, 9.17) is 4.43 Å². The quantitative estimate of drug-likeness (QED) is 0.320. The first-order chi connectivity index (χ1) is 13.9. The largest absolute Gasteiger partial charge is 0.413 e. The number of fused-ring (bicyclic) bond motifs is 5. The molecule has 3 saturated carbocycles. The van der Waals surface area contributed by atoms with Gasteiger partial charge in [0.05, 0.1) is 6.10 Å². The van der Waals surface area contributed by atoms with Crippen molar-refractivity contribution in [2.75, 3.05) is 0 Å². The molecule has 0 radical (unpaired) electrons. The van der Waals surface area contributed by atoms with Gasteiger partial charge >= 0.3 is 0 Å². The summed E-state index contributed by atoms with van der Waals surface area (Å²) in [5, 5.41) is 0.302. The van der Waals surface area contributed by atoms with Crippen molar-refractivity contribution in [1.82, 2.24) is 0 Å². The predicted octanol–water partition coefficient (Wildman–Crippen LogP) is 8.76. The summed E-state index contributed by atoms with van der Waals surface area (Å²) in [5.74, 6) is 3.50. The van der Waals surface area contributed by atoms with Crippen LogP contribution in [0.2, 0.25) is 18.1 Å². The van der Waals surface area contributed by atoms with Crippen molar-refractivity contribution < 1.29 is 4.43 Å². The molecule has 0 bridgehead atoms. The normalized spacial score (nSPS) is 44.1. The first kappa shape index (κ1) is 23.1. The molecule has 172 valence electrons. The lowest BCUT2D eigenvalue weighted by Gasteiger charge is -2.62. The fourth-order valence-electron chi connectivity index (χ4n) is 8.21. The Morgan fingerprint density at radius 2 is 1.80 bits per heavy atom. The molecule has 0 amide bonds. The van der Waals surface area contributed by atoms with Crippen molar-refractivity contribution >= 4 is 8.32 Å². The van der Waals surface area contributed by atoms with Gasteiger partial charge in [0.2, 0.25) is 0 Å². The lowest BCUT2D eigenvalue weighted by molar-refractivity contribution is -0.127. The van der Waals surface area contributed by atoms with E-state index < -0.39 is 8.32 Å². The van der Waals surface area contributed by atoms with Crippen molar-refractivity contribution in [2.45, 2.75) is 130 Å². The topological polar surface area (TPSA) is 9.23 Å². The zero-order valence-corrected chi connectivity index (χ0v) is 22.4. The molecule has 0 aliphatic heterocycles. The average Bonchev–Trinajstić information content (AvgIpc) is 2.98. The standard InChI is InChI=1S/C28H50OSi/c1-9-11-20-15-17-23-22-16-14-21-12-10-13-25(29-30(7,8)26(2,3)4)28(21,6)24(22)18-19-27(20,23)5/h17,20-22,24-25H,9-16,18-19H2,1-8H3/t20-,21-,22-,24-,25?,27+,28-/m0/s1. The van der Waals surface area contributed by atoms with Crippen LogP contribution < -0.4 is 0 Å². The van der Waals surface area contributed by atoms with Gasteiger partial charge in [-0.2, -0.15) is 0 Å². The van der Waals surface area contributed by atoms with E-state index in [2.05, 4.69) is 60.7 Å². The van der Waals surface area contributed by atoms with Crippen LogP contribution in [-0.2, 0) is 4.43 Å². The summed E-state index contributed by atoms with van der Waals surface area (Å²) in [4.78, 5) is 0. The molecule has 4 aliphatic carbocycles. The van der Waals surface area contributed by atoms with Crippen LogP contribution in [0.3, 0.4) is 0 Å². The van der Waals surface area contributed by atoms with Crippen LogP contribution in [0.25, 0.3) is 0 Å². The molecule has 0 N–H and O–H groups in total. The Bertz CT molecular complexity index is 673. The Hall–Kier alpha value is -0.0831. The lowest BCUT2D eigenvalue weighted by atomic mass is 9.45. The average molecular weight is 431 g/mol. The molecule has 4 rings (SSSR count). The summed E-state index contributed by atoms with van der Waals surface area (Å²) in [6.45, 7) is 19.9. The van der Waals surface area contributed by atoms with Crippen molar-refractivity contribution in [3.05, 3.63) is 11.6 Å². The first-order valence-corrected chi connectivity index (χ1v) is 16.2. The maximum absolute atomic E-state index is 7.28. The van der Waals surface area contributed by atoms with E-state index in [0.717, 1.165) is 23.7 Å². The van der Waals surface area contributed by atoms with E-state index in [1.54, 1.807) is 0 Å². The Kier molecular flexibility index (Phi) is 5.97. The van der Waals surface area contributed by atoms with Crippen LogP contribution in [0.15, 0.2) is 11.6 Å². The second-order valence-electron chi connectivity index (χ2n) is 13.5. The molecule has 3 fully saturated rings. The molecule has 0 spiro atoms. The van der Waals surface area contributed by atoms with Gasteiger partial charge in [-0.1, -0.05) is 66.0 Å². The molecular weight excluding hydrogens is 380 g/mol. The SMILES string of the molecule is CCC[C@H]1CC=C2[C@@H]3CC[C@@H]4CCCC(O[Si](C)(C)C(C)(C)C)[C@]4(C)[C@H]3CC[C@@]21C. The van der Waals surface area contributed by atoms with Gasteiger partial charge < -0.3 is 4.43 Å². The summed E-state index contributed by atoms with van der Waals surface area (Å²) < 4.78 is 7.28. The third-order valence-electron chi connectivity index (χ3n) is 11.1. The van der Waals surface area contributed by atoms with Crippen LogP contribution in [-0.4, -0.2) is 14.4 Å². The maximum Gasteiger partial charge on any atom is 0.192 e. The predicted molar refractivity (Wildman–Crippen MR) is 132 cm³/mol. The fourth-order valence-corrected chi connectivity index (χ4v) is 9.65. The molecule has 0 aromatic carbocycles. The summed E-state index contributed by atoms with van der Waals surface area (Å²) in [6.07, 6.45) is 17.3. The molecule has 2 heteroatoms. The van der Waals surface area contributed by atoms with Gasteiger partial charge in [0, 0.05) is 0 Å². The van der Waals surface area contributed by atoms with Crippen LogP contribution in [0.5, 0.6) is 0 Å². The number of rotatable bonds is 4. The highest BCUT2D eigenvalue weighted by Gasteiger charge is 2.60. The Morgan fingerprint density at radius 3 is 2.47 bits per heavy atom. The van der Waals surface area contributed by atoms with E-state index in [-0.39, 0.29) is 0 Å². The Morgan fingerprint density at radius 1 is 1.07 bits per heavy atom. The van der Waals surface area contributed by atoms with Crippen molar-refractivity contribution in [1.29, 1.82) is 0 Å². The van der Waals surface area contributed by atoms with Crippen LogP contribution in [0.4, 0.5) is 0 Å². The minimum absolute atomic E-state index is 0.302. The van der Waals surface area contributed by atoms with Crippen LogP contribution >= 0.6 is 0 Å². The highest BCUT2D eigenvalue weighted by Crippen LogP contribution is 2.67. The van der Waals surface area contributed by atoms with E-state index in [0.29, 0.717) is 22.0 Å². The van der Waals surface area contributed by atoms with Crippen LogP contribution in [0.1, 0.15) is 106 Å². The smallest absolute Gasteiger partial charge is 0.192 e. The zero-order valence-electron chi connectivity index (χ0n) is 21.4. The van der Waals surface area contributed by atoms with Gasteiger partial charge in [0.25, 0.3) is 0 Å². The lowest BCUT2D eigenvalue weighted by Crippen LogP contribution is -2.59. The Balaban J connectivity index is 1.63. The molecule has 30 heavy (non-hydrogen) atoms. The minimum atomic E-state index is -1.75. The van der Waals surface area contributed by atoms with Crippen molar-refractivity contribution in [2.24, 2.45) is 34.5 Å². The molecular formula is C28H50OSi. The van der Waals surface area contributed by atoms with Crippen molar-refractivity contribution in [3.63, 3.8) is 0 Å². The van der Waals surface area contributed by atoms with Gasteiger partial charge in [-0.25, -0.2) is 0 Å². The first-order valence-electron chi connectivity index (χ1n) is 13.3. The van der Waals surface area contributed by atoms with E-state index >= 15 is 0 Å². The summed E-state index contributed by atoms with van der Waals surface area (Å²) in [5.41, 5.74) is 2.79. The molecule has 0 saturated heterocycles. The van der Waals surface area contributed by atoms with Gasteiger partial charge in [-0.3, -0.25) is 0 Å². The van der Waals surface area contributed by atoms with Crippen LogP contribution in [0, 0.1) is 34.5 Å². The molecule has 1 nitrogen and oxygen atoms in total. The summed E-state index contributed by atoms with van der Waals surface area (Å²) in [6, 6.07) is 0. The van der Waals surface area contributed by atoms with E-state index in [1.165, 1.54) is 64.2 Å². The highest BCUT2D eigenvalue weighted by atomic mass is 28.4. The Labute approximate surface area is 188 Å². The summed E-state index contributed by atoms with van der Waals surface area (Å²) in [7, 11) is -1.75. The van der Waals surface area contributed by atoms with Gasteiger partial charge in [-0.05, 0) is 104 Å². The third kappa shape index (κ3) is 3.42.